The Labute approximate surface area is 96.8 Å². The van der Waals surface area contributed by atoms with Crippen molar-refractivity contribution in [2.24, 2.45) is 0 Å². The molecule has 2 heterocycles. The van der Waals surface area contributed by atoms with Crippen LogP contribution < -0.4 is 5.32 Å². The van der Waals surface area contributed by atoms with Crippen LogP contribution in [0.15, 0.2) is 18.2 Å². The zero-order chi connectivity index (χ0) is 12.0. The highest BCUT2D eigenvalue weighted by molar-refractivity contribution is 5.41. The second kappa shape index (κ2) is 3.71. The van der Waals surface area contributed by atoms with E-state index in [4.69, 9.17) is 4.74 Å². The lowest BCUT2D eigenvalue weighted by Crippen LogP contribution is -2.28. The molecular weight excluding hydrogens is 231 g/mol. The van der Waals surface area contributed by atoms with E-state index in [1.54, 1.807) is 6.07 Å². The van der Waals surface area contributed by atoms with E-state index < -0.39 is 11.7 Å². The quantitative estimate of drug-likeness (QED) is 0.754. The van der Waals surface area contributed by atoms with Crippen LogP contribution in [0.25, 0.3) is 0 Å². The van der Waals surface area contributed by atoms with Gasteiger partial charge in [-0.25, -0.2) is 0 Å². The van der Waals surface area contributed by atoms with E-state index in [0.717, 1.165) is 18.2 Å². The summed E-state index contributed by atoms with van der Waals surface area (Å²) < 4.78 is 44.0. The van der Waals surface area contributed by atoms with Crippen molar-refractivity contribution in [1.82, 2.24) is 5.32 Å². The Hall–Kier alpha value is -1.07. The highest BCUT2D eigenvalue weighted by Gasteiger charge is 2.40. The summed E-state index contributed by atoms with van der Waals surface area (Å²) in [7, 11) is 0. The molecule has 1 aromatic rings. The minimum atomic E-state index is -4.30. The molecule has 2 unspecified atom stereocenters. The van der Waals surface area contributed by atoms with Gasteiger partial charge in [0.25, 0.3) is 0 Å². The third-order valence-electron chi connectivity index (χ3n) is 3.52. The molecule has 1 fully saturated rings. The number of rotatable bonds is 0. The van der Waals surface area contributed by atoms with Gasteiger partial charge in [0.2, 0.25) is 0 Å². The number of hydrogen-bond donors (Lipinski definition) is 1. The lowest BCUT2D eigenvalue weighted by atomic mass is 9.87. The fourth-order valence-electron chi connectivity index (χ4n) is 2.71. The maximum atomic E-state index is 12.8. The Morgan fingerprint density at radius 3 is 2.82 bits per heavy atom. The van der Waals surface area contributed by atoms with Gasteiger partial charge >= 0.3 is 6.18 Å². The van der Waals surface area contributed by atoms with Gasteiger partial charge in [-0.3, -0.25) is 0 Å². The Bertz CT molecular complexity index is 444. The van der Waals surface area contributed by atoms with Crippen LogP contribution in [0.5, 0.6) is 0 Å². The molecule has 2 aliphatic rings. The lowest BCUT2D eigenvalue weighted by molar-refractivity contribution is -0.139. The first kappa shape index (κ1) is 11.0. The third kappa shape index (κ3) is 1.73. The van der Waals surface area contributed by atoms with E-state index in [9.17, 15) is 13.2 Å². The summed E-state index contributed by atoms with van der Waals surface area (Å²) in [6.45, 7) is 1.48. The van der Waals surface area contributed by atoms with Gasteiger partial charge in [0.1, 0.15) is 0 Å². The van der Waals surface area contributed by atoms with Crippen molar-refractivity contribution in [3.63, 3.8) is 0 Å². The standard InChI is InChI=1S/C12H12F3NO/c13-12(14,15)10-3-1-2-7-8-4-16-5-11(8)17-6-9(7)10/h1-3,8,11,16H,4-6H2. The Balaban J connectivity index is 2.09. The van der Waals surface area contributed by atoms with Gasteiger partial charge in [0.15, 0.2) is 0 Å². The highest BCUT2D eigenvalue weighted by atomic mass is 19.4. The molecule has 0 spiro atoms. The average Bonchev–Trinajstić information content (AvgIpc) is 2.75. The van der Waals surface area contributed by atoms with Crippen LogP contribution in [-0.4, -0.2) is 19.2 Å². The van der Waals surface area contributed by atoms with Crippen LogP contribution >= 0.6 is 0 Å². The van der Waals surface area contributed by atoms with Crippen molar-refractivity contribution >= 4 is 0 Å². The van der Waals surface area contributed by atoms with E-state index in [1.165, 1.54) is 6.07 Å². The third-order valence-corrected chi connectivity index (χ3v) is 3.52. The molecular formula is C12H12F3NO. The molecule has 0 amide bonds. The van der Waals surface area contributed by atoms with Crippen LogP contribution in [0, 0.1) is 0 Å². The first-order valence-electron chi connectivity index (χ1n) is 5.58. The summed E-state index contributed by atoms with van der Waals surface area (Å²) in [5, 5.41) is 3.16. The van der Waals surface area contributed by atoms with Gasteiger partial charge in [-0.05, 0) is 17.2 Å². The summed E-state index contributed by atoms with van der Waals surface area (Å²) in [4.78, 5) is 0. The van der Waals surface area contributed by atoms with Crippen molar-refractivity contribution in [1.29, 1.82) is 0 Å². The Morgan fingerprint density at radius 2 is 2.06 bits per heavy atom. The van der Waals surface area contributed by atoms with Crippen molar-refractivity contribution in [3.8, 4) is 0 Å². The molecule has 0 radical (unpaired) electrons. The lowest BCUT2D eigenvalue weighted by Gasteiger charge is -2.29. The first-order chi connectivity index (χ1) is 8.07. The summed E-state index contributed by atoms with van der Waals surface area (Å²) in [5.74, 6) is 0.0565. The predicted octanol–water partition coefficient (Wildman–Crippen LogP) is 2.29. The Morgan fingerprint density at radius 1 is 1.24 bits per heavy atom. The minimum Gasteiger partial charge on any atom is -0.372 e. The SMILES string of the molecule is FC(F)(F)c1cccc2c1COC1CNCC21. The van der Waals surface area contributed by atoms with Gasteiger partial charge in [0, 0.05) is 19.0 Å². The maximum absolute atomic E-state index is 12.8. The number of nitrogens with one attached hydrogen (secondary N) is 1. The molecule has 2 aliphatic heterocycles. The van der Waals surface area contributed by atoms with Crippen LogP contribution in [0.1, 0.15) is 22.6 Å². The summed E-state index contributed by atoms with van der Waals surface area (Å²) in [6.07, 6.45) is -4.28. The van der Waals surface area contributed by atoms with Gasteiger partial charge in [0.05, 0.1) is 18.3 Å². The highest BCUT2D eigenvalue weighted by Crippen LogP contribution is 2.40. The topological polar surface area (TPSA) is 21.3 Å². The number of hydrogen-bond acceptors (Lipinski definition) is 2. The molecule has 17 heavy (non-hydrogen) atoms. The molecule has 3 rings (SSSR count). The Kier molecular flexibility index (Phi) is 2.41. The van der Waals surface area contributed by atoms with Crippen LogP contribution in [-0.2, 0) is 17.5 Å². The zero-order valence-electron chi connectivity index (χ0n) is 9.05. The van der Waals surface area contributed by atoms with E-state index in [0.29, 0.717) is 12.1 Å². The van der Waals surface area contributed by atoms with Crippen molar-refractivity contribution in [2.45, 2.75) is 24.8 Å². The fourth-order valence-corrected chi connectivity index (χ4v) is 2.71. The summed E-state index contributed by atoms with van der Waals surface area (Å²) in [5.41, 5.74) is 0.548. The summed E-state index contributed by atoms with van der Waals surface area (Å²) >= 11 is 0. The largest absolute Gasteiger partial charge is 0.416 e. The van der Waals surface area contributed by atoms with Gasteiger partial charge in [-0.2, -0.15) is 13.2 Å². The predicted molar refractivity (Wildman–Crippen MR) is 55.6 cm³/mol. The van der Waals surface area contributed by atoms with Crippen molar-refractivity contribution in [3.05, 3.63) is 34.9 Å². The zero-order valence-corrected chi connectivity index (χ0v) is 9.05. The molecule has 5 heteroatoms. The molecule has 2 atom stereocenters. The number of alkyl halides is 3. The molecule has 0 saturated carbocycles. The molecule has 2 nitrogen and oxygen atoms in total. The smallest absolute Gasteiger partial charge is 0.372 e. The number of halogens is 3. The summed E-state index contributed by atoms with van der Waals surface area (Å²) in [6, 6.07) is 4.41. The second-order valence-corrected chi connectivity index (χ2v) is 4.49. The molecule has 0 bridgehead atoms. The average molecular weight is 243 g/mol. The second-order valence-electron chi connectivity index (χ2n) is 4.49. The van der Waals surface area contributed by atoms with Crippen LogP contribution in [0.3, 0.4) is 0 Å². The monoisotopic (exact) mass is 243 g/mol. The normalized spacial score (nSPS) is 27.7. The first-order valence-corrected chi connectivity index (χ1v) is 5.58. The van der Waals surface area contributed by atoms with E-state index in [2.05, 4.69) is 5.32 Å². The fraction of sp³-hybridized carbons (Fsp3) is 0.500. The number of fused-ring (bicyclic) bond motifs is 3. The van der Waals surface area contributed by atoms with Gasteiger partial charge in [-0.1, -0.05) is 12.1 Å². The van der Waals surface area contributed by atoms with Gasteiger partial charge < -0.3 is 10.1 Å². The molecule has 0 aromatic heterocycles. The van der Waals surface area contributed by atoms with E-state index in [-0.39, 0.29) is 18.6 Å². The van der Waals surface area contributed by atoms with Crippen LogP contribution in [0.2, 0.25) is 0 Å². The van der Waals surface area contributed by atoms with Crippen molar-refractivity contribution in [2.75, 3.05) is 13.1 Å². The minimum absolute atomic E-state index is 0.0194. The molecule has 1 N–H and O–H groups in total. The van der Waals surface area contributed by atoms with E-state index >= 15 is 0 Å². The van der Waals surface area contributed by atoms with E-state index in [1.807, 2.05) is 0 Å². The molecule has 1 saturated heterocycles. The maximum Gasteiger partial charge on any atom is 0.416 e. The molecule has 0 aliphatic carbocycles. The molecule has 1 aromatic carbocycles. The van der Waals surface area contributed by atoms with Gasteiger partial charge in [-0.15, -0.1) is 0 Å². The number of benzene rings is 1. The number of ether oxygens (including phenoxy) is 1. The van der Waals surface area contributed by atoms with Crippen LogP contribution in [0.4, 0.5) is 13.2 Å². The van der Waals surface area contributed by atoms with Crippen molar-refractivity contribution < 1.29 is 17.9 Å². The molecule has 92 valence electrons.